The Labute approximate surface area is 404 Å². The maximum Gasteiger partial charge on any atom is 0.193 e. The molecule has 6 unspecified atom stereocenters. The van der Waals surface area contributed by atoms with Crippen molar-refractivity contribution in [3.63, 3.8) is 0 Å². The number of aliphatic hydroxyl groups is 2. The number of benzene rings is 4. The Kier molecular flexibility index (Phi) is 15.9. The van der Waals surface area contributed by atoms with Crippen molar-refractivity contribution in [1.29, 1.82) is 0 Å². The summed E-state index contributed by atoms with van der Waals surface area (Å²) in [5.74, 6) is -0.711. The zero-order valence-electron chi connectivity index (χ0n) is 40.8. The van der Waals surface area contributed by atoms with Crippen LogP contribution in [0.15, 0.2) is 133 Å². The zero-order valence-corrected chi connectivity index (χ0v) is 40.8. The molecular formula is C61H72N2O5. The number of carbonyl (C=O) groups excluding carboxylic acids is 3. The number of nitrogens with one attached hydrogen (secondary N) is 2. The van der Waals surface area contributed by atoms with Gasteiger partial charge in [-0.3, -0.25) is 14.4 Å². The van der Waals surface area contributed by atoms with E-state index in [-0.39, 0.29) is 54.2 Å². The van der Waals surface area contributed by atoms with Crippen LogP contribution < -0.4 is 10.6 Å². The highest BCUT2D eigenvalue weighted by molar-refractivity contribution is 6.21. The summed E-state index contributed by atoms with van der Waals surface area (Å²) < 4.78 is 0. The molecule has 68 heavy (non-hydrogen) atoms. The molecule has 7 heteroatoms. The van der Waals surface area contributed by atoms with Crippen molar-refractivity contribution >= 4 is 28.5 Å². The molecule has 356 valence electrons. The first-order chi connectivity index (χ1) is 33.0. The van der Waals surface area contributed by atoms with E-state index in [2.05, 4.69) is 99.0 Å². The minimum absolute atomic E-state index is 0.0153. The molecule has 2 heterocycles. The number of rotatable bonds is 18. The highest BCUT2D eigenvalue weighted by atomic mass is 16.3. The number of hydrogen-bond acceptors (Lipinski definition) is 7. The van der Waals surface area contributed by atoms with Crippen LogP contribution in [0.4, 0.5) is 0 Å². The molecule has 7 nitrogen and oxygen atoms in total. The molecule has 4 aromatic carbocycles. The first-order valence-electron chi connectivity index (χ1n) is 25.5. The van der Waals surface area contributed by atoms with Crippen molar-refractivity contribution in [2.45, 2.75) is 91.9 Å². The van der Waals surface area contributed by atoms with Crippen molar-refractivity contribution in [1.82, 2.24) is 10.6 Å². The number of hydrogen-bond donors (Lipinski definition) is 4. The predicted molar refractivity (Wildman–Crippen MR) is 275 cm³/mol. The molecule has 2 aliphatic heterocycles. The van der Waals surface area contributed by atoms with E-state index in [0.717, 1.165) is 96.4 Å². The average Bonchev–Trinajstić information content (AvgIpc) is 3.38. The maximum absolute atomic E-state index is 17.7. The van der Waals surface area contributed by atoms with Crippen LogP contribution in [0, 0.1) is 62.2 Å². The molecule has 0 aromatic heterocycles. The van der Waals surface area contributed by atoms with Gasteiger partial charge in [0.05, 0.1) is 10.8 Å². The Morgan fingerprint density at radius 1 is 0.544 bits per heavy atom. The first kappa shape index (κ1) is 49.1. The summed E-state index contributed by atoms with van der Waals surface area (Å²) in [5, 5.41) is 28.3. The number of aryl methyl sites for hydroxylation is 2. The van der Waals surface area contributed by atoms with E-state index in [1.165, 1.54) is 0 Å². The van der Waals surface area contributed by atoms with Crippen molar-refractivity contribution in [2.24, 2.45) is 34.5 Å². The number of Topliss-reactive ketones (excluding diaryl/α,β-unsaturated/α-hetero) is 3. The van der Waals surface area contributed by atoms with Crippen LogP contribution in [-0.2, 0) is 4.79 Å². The minimum Gasteiger partial charge on any atom is -0.396 e. The largest absolute Gasteiger partial charge is 0.396 e. The van der Waals surface area contributed by atoms with E-state index in [1.54, 1.807) is 0 Å². The second kappa shape index (κ2) is 22.0. The van der Waals surface area contributed by atoms with Crippen molar-refractivity contribution < 1.29 is 24.6 Å². The molecule has 2 saturated heterocycles. The lowest BCUT2D eigenvalue weighted by atomic mass is 9.49. The van der Waals surface area contributed by atoms with Gasteiger partial charge in [0.15, 0.2) is 17.3 Å². The second-order valence-corrected chi connectivity index (χ2v) is 20.2. The monoisotopic (exact) mass is 913 g/mol. The van der Waals surface area contributed by atoms with Crippen LogP contribution in [-0.4, -0.2) is 67.0 Å². The lowest BCUT2D eigenvalue weighted by Gasteiger charge is -2.53. The Hall–Kier alpha value is -5.31. The van der Waals surface area contributed by atoms with E-state index in [0.29, 0.717) is 60.8 Å². The van der Waals surface area contributed by atoms with Crippen molar-refractivity contribution in [3.05, 3.63) is 177 Å². The highest BCUT2D eigenvalue weighted by Gasteiger charge is 2.59. The van der Waals surface area contributed by atoms with Crippen LogP contribution in [0.5, 0.6) is 0 Å². The lowest BCUT2D eigenvalue weighted by molar-refractivity contribution is -0.141. The summed E-state index contributed by atoms with van der Waals surface area (Å²) in [6.07, 6.45) is 15.6. The smallest absolute Gasteiger partial charge is 0.193 e. The Balaban J connectivity index is 1.47. The average molecular weight is 913 g/mol. The predicted octanol–water partition coefficient (Wildman–Crippen LogP) is 11.1. The van der Waals surface area contributed by atoms with E-state index < -0.39 is 10.8 Å². The molecular weight excluding hydrogens is 841 g/mol. The number of carbonyl (C=O) groups is 3. The highest BCUT2D eigenvalue weighted by Crippen LogP contribution is 2.59. The fraction of sp³-hybridized carbons (Fsp3) is 0.426. The summed E-state index contributed by atoms with van der Waals surface area (Å²) >= 11 is 0. The normalized spacial score (nSPS) is 25.1. The molecule has 0 saturated carbocycles. The SMILES string of the molecule is Cc1cccc(C2=CC(C3CCCNC3)C(CCCCO)(C(=O)C3(CCCCO)C=C(C(=O)c4ccccc4)C(c4cccc(C)c4C)=CC3C3CCCNC3)C=C2C(=O)c2ccccc2)c1C. The number of allylic oxidation sites excluding steroid dienone is 8. The van der Waals surface area contributed by atoms with Gasteiger partial charge in [-0.2, -0.15) is 0 Å². The van der Waals surface area contributed by atoms with Gasteiger partial charge < -0.3 is 20.8 Å². The molecule has 2 aliphatic carbocycles. The lowest BCUT2D eigenvalue weighted by Crippen LogP contribution is -2.55. The molecule has 4 N–H and O–H groups in total. The molecule has 8 rings (SSSR count). The molecule has 0 radical (unpaired) electrons. The number of unbranched alkanes of at least 4 members (excludes halogenated alkanes) is 2. The number of ketones is 3. The number of piperidine rings is 2. The fourth-order valence-electron chi connectivity index (χ4n) is 12.2. The quantitative estimate of drug-likeness (QED) is 0.0580. The third kappa shape index (κ3) is 9.78. The summed E-state index contributed by atoms with van der Waals surface area (Å²) in [4.78, 5) is 48.6. The molecule has 0 bridgehead atoms. The third-order valence-electron chi connectivity index (χ3n) is 16.1. The van der Waals surface area contributed by atoms with Gasteiger partial charge >= 0.3 is 0 Å². The van der Waals surface area contributed by atoms with Crippen LogP contribution >= 0.6 is 0 Å². The molecule has 4 aromatic rings. The van der Waals surface area contributed by atoms with Gasteiger partial charge in [-0.15, -0.1) is 0 Å². The Morgan fingerprint density at radius 3 is 1.32 bits per heavy atom. The molecule has 6 atom stereocenters. The van der Waals surface area contributed by atoms with E-state index in [4.69, 9.17) is 0 Å². The van der Waals surface area contributed by atoms with E-state index >= 15 is 14.4 Å². The van der Waals surface area contributed by atoms with E-state index in [9.17, 15) is 10.2 Å². The Morgan fingerprint density at radius 2 is 0.956 bits per heavy atom. The van der Waals surface area contributed by atoms with Crippen LogP contribution in [0.25, 0.3) is 11.1 Å². The maximum atomic E-state index is 17.7. The third-order valence-corrected chi connectivity index (χ3v) is 16.1. The molecule has 0 amide bonds. The van der Waals surface area contributed by atoms with E-state index in [1.807, 2.05) is 60.7 Å². The van der Waals surface area contributed by atoms with Crippen molar-refractivity contribution in [2.75, 3.05) is 39.4 Å². The van der Waals surface area contributed by atoms with Gasteiger partial charge in [0.25, 0.3) is 0 Å². The summed E-state index contributed by atoms with van der Waals surface area (Å²) in [5.41, 5.74) is 7.90. The van der Waals surface area contributed by atoms with Gasteiger partial charge in [-0.25, -0.2) is 0 Å². The van der Waals surface area contributed by atoms with Gasteiger partial charge in [0, 0.05) is 35.5 Å². The van der Waals surface area contributed by atoms with Gasteiger partial charge in [0.2, 0.25) is 0 Å². The van der Waals surface area contributed by atoms with Crippen LogP contribution in [0.1, 0.15) is 118 Å². The standard InChI is InChI=1S/C61H72N2O5/c1-41-19-15-27-49(43(41)3)51-35-55(47-25-17-31-62-39-47)60(29-11-13-33-64,37-53(51)57(66)45-21-7-5-8-22-45)59(68)61(30-12-14-34-65)38-54(58(67)46-23-9-6-10-24-46)52(50-28-16-20-42(2)44(50)4)36-56(61)48-26-18-32-63-40-48/h5-10,15-16,19-24,27-28,35-38,47-48,55-56,62-65H,11-14,17-18,25-26,29-34,39-40H2,1-4H3. The fourth-order valence-corrected chi connectivity index (χ4v) is 12.2. The molecule has 0 spiro atoms. The Bertz CT molecular complexity index is 2400. The summed E-state index contributed by atoms with van der Waals surface area (Å²) in [6, 6.07) is 31.4. The summed E-state index contributed by atoms with van der Waals surface area (Å²) in [6.45, 7) is 11.7. The zero-order chi connectivity index (χ0) is 47.8. The summed E-state index contributed by atoms with van der Waals surface area (Å²) in [7, 11) is 0. The molecule has 2 fully saturated rings. The first-order valence-corrected chi connectivity index (χ1v) is 25.5. The topological polar surface area (TPSA) is 116 Å². The second-order valence-electron chi connectivity index (χ2n) is 20.2. The van der Waals surface area contributed by atoms with Gasteiger partial charge in [-0.05, 0) is 186 Å². The van der Waals surface area contributed by atoms with Crippen LogP contribution in [0.3, 0.4) is 0 Å². The minimum atomic E-state index is -1.21. The van der Waals surface area contributed by atoms with Crippen LogP contribution in [0.2, 0.25) is 0 Å². The number of aliphatic hydroxyl groups excluding tert-OH is 2. The van der Waals surface area contributed by atoms with Gasteiger partial charge in [-0.1, -0.05) is 121 Å². The van der Waals surface area contributed by atoms with Crippen molar-refractivity contribution in [3.8, 4) is 0 Å². The van der Waals surface area contributed by atoms with Gasteiger partial charge in [0.1, 0.15) is 0 Å². The molecule has 4 aliphatic rings.